The van der Waals surface area contributed by atoms with Gasteiger partial charge in [-0.25, -0.2) is 4.79 Å². The highest BCUT2D eigenvalue weighted by Gasteiger charge is 2.24. The van der Waals surface area contributed by atoms with Crippen LogP contribution in [0.4, 0.5) is 10.5 Å². The van der Waals surface area contributed by atoms with Crippen LogP contribution in [0.15, 0.2) is 60.9 Å². The van der Waals surface area contributed by atoms with Crippen LogP contribution < -0.4 is 5.32 Å². The molecule has 3 aromatic rings. The highest BCUT2D eigenvalue weighted by molar-refractivity contribution is 5.89. The van der Waals surface area contributed by atoms with Gasteiger partial charge in [0.1, 0.15) is 12.2 Å². The smallest absolute Gasteiger partial charge is 0.321 e. The van der Waals surface area contributed by atoms with Gasteiger partial charge >= 0.3 is 6.03 Å². The molecule has 1 fully saturated rings. The van der Waals surface area contributed by atoms with E-state index in [1.165, 1.54) is 5.56 Å². The van der Waals surface area contributed by atoms with E-state index in [4.69, 9.17) is 0 Å². The van der Waals surface area contributed by atoms with Crippen LogP contribution in [0, 0.1) is 12.8 Å². The minimum absolute atomic E-state index is 0.0127. The Balaban J connectivity index is 1.29. The number of rotatable bonds is 5. The number of urea groups is 1. The summed E-state index contributed by atoms with van der Waals surface area (Å²) in [4.78, 5) is 14.5. The summed E-state index contributed by atoms with van der Waals surface area (Å²) in [5.41, 5.74) is 3.24. The molecule has 1 aromatic heterocycles. The van der Waals surface area contributed by atoms with Crippen LogP contribution in [0.25, 0.3) is 0 Å². The average molecular weight is 390 g/mol. The summed E-state index contributed by atoms with van der Waals surface area (Å²) in [7, 11) is 0. The van der Waals surface area contributed by atoms with E-state index in [0.29, 0.717) is 5.92 Å². The van der Waals surface area contributed by atoms with Crippen molar-refractivity contribution in [1.82, 2.24) is 19.7 Å². The van der Waals surface area contributed by atoms with Crippen molar-refractivity contribution in [2.24, 2.45) is 5.92 Å². The molecule has 2 amide bonds. The number of aromatic nitrogens is 3. The van der Waals surface area contributed by atoms with Crippen LogP contribution in [-0.4, -0.2) is 38.8 Å². The predicted molar refractivity (Wildman–Crippen MR) is 114 cm³/mol. The quantitative estimate of drug-likeness (QED) is 0.714. The molecule has 1 aliphatic heterocycles. The first-order valence-electron chi connectivity index (χ1n) is 10.2. The molecule has 4 rings (SSSR count). The maximum absolute atomic E-state index is 12.5. The first kappa shape index (κ1) is 19.2. The molecule has 0 spiro atoms. The zero-order valence-corrected chi connectivity index (χ0v) is 16.8. The molecule has 150 valence electrons. The molecule has 0 radical (unpaired) electrons. The number of hydrogen-bond acceptors (Lipinski definition) is 3. The molecule has 29 heavy (non-hydrogen) atoms. The van der Waals surface area contributed by atoms with Crippen molar-refractivity contribution in [3.8, 4) is 0 Å². The van der Waals surface area contributed by atoms with E-state index in [0.717, 1.165) is 56.0 Å². The van der Waals surface area contributed by atoms with Crippen molar-refractivity contribution in [3.05, 3.63) is 77.9 Å². The number of amides is 2. The molecule has 1 saturated heterocycles. The first-order chi connectivity index (χ1) is 14.2. The zero-order chi connectivity index (χ0) is 20.1. The van der Waals surface area contributed by atoms with E-state index in [2.05, 4.69) is 44.3 Å². The van der Waals surface area contributed by atoms with Crippen molar-refractivity contribution >= 4 is 11.7 Å². The van der Waals surface area contributed by atoms with E-state index in [-0.39, 0.29) is 6.03 Å². The maximum Gasteiger partial charge on any atom is 0.321 e. The number of aryl methyl sites for hydroxylation is 1. The second kappa shape index (κ2) is 8.90. The highest BCUT2D eigenvalue weighted by atomic mass is 16.2. The van der Waals surface area contributed by atoms with Crippen LogP contribution in [0.1, 0.15) is 29.8 Å². The van der Waals surface area contributed by atoms with Gasteiger partial charge in [-0.05, 0) is 48.9 Å². The number of nitrogens with zero attached hydrogens (tertiary/aromatic N) is 4. The summed E-state index contributed by atoms with van der Waals surface area (Å²) in [6, 6.07) is 18.3. The minimum Gasteiger partial charge on any atom is -0.325 e. The average Bonchev–Trinajstić information content (AvgIpc) is 3.16. The van der Waals surface area contributed by atoms with Crippen molar-refractivity contribution in [2.75, 3.05) is 18.4 Å². The van der Waals surface area contributed by atoms with Crippen LogP contribution >= 0.6 is 0 Å². The van der Waals surface area contributed by atoms with Gasteiger partial charge in [0.15, 0.2) is 0 Å². The van der Waals surface area contributed by atoms with Gasteiger partial charge in [-0.1, -0.05) is 42.5 Å². The Labute approximate surface area is 171 Å². The topological polar surface area (TPSA) is 63.1 Å². The van der Waals surface area contributed by atoms with Crippen LogP contribution in [0.3, 0.4) is 0 Å². The van der Waals surface area contributed by atoms with Crippen LogP contribution in [-0.2, 0) is 13.0 Å². The van der Waals surface area contributed by atoms with Crippen molar-refractivity contribution in [2.45, 2.75) is 32.7 Å². The third-order valence-corrected chi connectivity index (χ3v) is 5.53. The highest BCUT2D eigenvalue weighted by Crippen LogP contribution is 2.22. The van der Waals surface area contributed by atoms with Gasteiger partial charge in [0.2, 0.25) is 0 Å². The molecule has 2 aromatic carbocycles. The number of benzene rings is 2. The van der Waals surface area contributed by atoms with Gasteiger partial charge < -0.3 is 14.8 Å². The predicted octanol–water partition coefficient (Wildman–Crippen LogP) is 4.12. The Morgan fingerprint density at radius 1 is 1.10 bits per heavy atom. The molecule has 0 unspecified atom stereocenters. The molecule has 1 N–H and O–H groups in total. The Morgan fingerprint density at radius 3 is 2.66 bits per heavy atom. The van der Waals surface area contributed by atoms with E-state index in [1.54, 1.807) is 0 Å². The standard InChI is InChI=1S/C23H27N5O/c1-18-6-5-9-21(14-18)25-23(29)27-12-10-19(11-13-27)15-22-26-24-17-28(22)16-20-7-3-2-4-8-20/h2-9,14,17,19H,10-13,15-16H2,1H3,(H,25,29). The first-order valence-corrected chi connectivity index (χ1v) is 10.2. The number of nitrogens with one attached hydrogen (secondary N) is 1. The lowest BCUT2D eigenvalue weighted by Gasteiger charge is -2.32. The fraction of sp³-hybridized carbons (Fsp3) is 0.348. The molecule has 0 bridgehead atoms. The van der Waals surface area contributed by atoms with Crippen molar-refractivity contribution in [1.29, 1.82) is 0 Å². The molecule has 0 aliphatic carbocycles. The third kappa shape index (κ3) is 5.02. The number of anilines is 1. The molecule has 0 atom stereocenters. The molecule has 1 aliphatic rings. The van der Waals surface area contributed by atoms with Crippen LogP contribution in [0.2, 0.25) is 0 Å². The number of carbonyl (C=O) groups excluding carboxylic acids is 1. The van der Waals surface area contributed by atoms with E-state index < -0.39 is 0 Å². The molecule has 0 saturated carbocycles. The van der Waals surface area contributed by atoms with Gasteiger partial charge in [0, 0.05) is 25.2 Å². The van der Waals surface area contributed by atoms with E-state index in [9.17, 15) is 4.79 Å². The second-order valence-corrected chi connectivity index (χ2v) is 7.79. The second-order valence-electron chi connectivity index (χ2n) is 7.79. The Bertz CT molecular complexity index is 945. The molecule has 6 nitrogen and oxygen atoms in total. The number of likely N-dealkylation sites (tertiary alicyclic amines) is 1. The Hall–Kier alpha value is -3.15. The van der Waals surface area contributed by atoms with Crippen molar-refractivity contribution in [3.63, 3.8) is 0 Å². The number of piperidine rings is 1. The summed E-state index contributed by atoms with van der Waals surface area (Å²) in [6.45, 7) is 4.36. The van der Waals surface area contributed by atoms with Gasteiger partial charge in [-0.15, -0.1) is 10.2 Å². The fourth-order valence-corrected chi connectivity index (χ4v) is 3.87. The zero-order valence-electron chi connectivity index (χ0n) is 16.8. The lowest BCUT2D eigenvalue weighted by molar-refractivity contribution is 0.181. The number of carbonyl (C=O) groups is 1. The third-order valence-electron chi connectivity index (χ3n) is 5.53. The molecule has 2 heterocycles. The normalized spacial score (nSPS) is 14.7. The summed E-state index contributed by atoms with van der Waals surface area (Å²) < 4.78 is 2.13. The van der Waals surface area contributed by atoms with Gasteiger partial charge in [-0.3, -0.25) is 0 Å². The lowest BCUT2D eigenvalue weighted by atomic mass is 9.93. The number of hydrogen-bond donors (Lipinski definition) is 1. The fourth-order valence-electron chi connectivity index (χ4n) is 3.87. The van der Waals surface area contributed by atoms with Crippen LogP contribution in [0.5, 0.6) is 0 Å². The SMILES string of the molecule is Cc1cccc(NC(=O)N2CCC(Cc3nncn3Cc3ccccc3)CC2)c1. The maximum atomic E-state index is 12.5. The monoisotopic (exact) mass is 389 g/mol. The van der Waals surface area contributed by atoms with E-state index in [1.807, 2.05) is 48.5 Å². The molecule has 6 heteroatoms. The molecular weight excluding hydrogens is 362 g/mol. The Morgan fingerprint density at radius 2 is 1.90 bits per heavy atom. The largest absolute Gasteiger partial charge is 0.325 e. The Kier molecular flexibility index (Phi) is 5.89. The van der Waals surface area contributed by atoms with Crippen molar-refractivity contribution < 1.29 is 4.79 Å². The van der Waals surface area contributed by atoms with Gasteiger partial charge in [-0.2, -0.15) is 0 Å². The van der Waals surface area contributed by atoms with E-state index >= 15 is 0 Å². The summed E-state index contributed by atoms with van der Waals surface area (Å²) in [5, 5.41) is 11.5. The molecular formula is C23H27N5O. The summed E-state index contributed by atoms with van der Waals surface area (Å²) in [5.74, 6) is 1.55. The van der Waals surface area contributed by atoms with Gasteiger partial charge in [0.05, 0.1) is 6.54 Å². The summed E-state index contributed by atoms with van der Waals surface area (Å²) >= 11 is 0. The summed E-state index contributed by atoms with van der Waals surface area (Å²) in [6.07, 6.45) is 4.69. The minimum atomic E-state index is -0.0127. The van der Waals surface area contributed by atoms with Gasteiger partial charge in [0.25, 0.3) is 0 Å². The lowest BCUT2D eigenvalue weighted by Crippen LogP contribution is -2.41.